The van der Waals surface area contributed by atoms with Crippen LogP contribution in [0.3, 0.4) is 0 Å². The Labute approximate surface area is 174 Å². The van der Waals surface area contributed by atoms with E-state index in [1.165, 1.54) is 33.8 Å². The lowest BCUT2D eigenvalue weighted by atomic mass is 9.95. The van der Waals surface area contributed by atoms with E-state index in [2.05, 4.69) is 35.1 Å². The minimum Gasteiger partial charge on any atom is -0.497 e. The van der Waals surface area contributed by atoms with Crippen LogP contribution in [0, 0.1) is 0 Å². The summed E-state index contributed by atoms with van der Waals surface area (Å²) in [6.07, 6.45) is 6.92. The standard InChI is InChI=1S/C23H25N3O2S/c1-15-20-10-6-12-25(20)22-19(18-9-3-4-11-21(18)29-22)14-26(15)23(27)24-16-7-5-8-17(13-16)28-2/h5-8,10,12-13,15H,3-4,9,11,14H2,1-2H3,(H,24,27)/t15-/m1/s1. The van der Waals surface area contributed by atoms with Crippen LogP contribution in [0.5, 0.6) is 5.75 Å². The molecule has 2 aromatic heterocycles. The molecule has 5 rings (SSSR count). The van der Waals surface area contributed by atoms with Crippen LogP contribution in [0.2, 0.25) is 0 Å². The van der Waals surface area contributed by atoms with Crippen molar-refractivity contribution < 1.29 is 9.53 Å². The molecule has 150 valence electrons. The summed E-state index contributed by atoms with van der Waals surface area (Å²) in [6, 6.07) is 11.6. The molecule has 3 heterocycles. The van der Waals surface area contributed by atoms with Gasteiger partial charge in [-0.2, -0.15) is 0 Å². The number of anilines is 1. The number of hydrogen-bond donors (Lipinski definition) is 1. The molecule has 1 aromatic carbocycles. The maximum absolute atomic E-state index is 13.3. The largest absolute Gasteiger partial charge is 0.497 e. The third kappa shape index (κ3) is 3.12. The Morgan fingerprint density at radius 3 is 2.90 bits per heavy atom. The Balaban J connectivity index is 1.52. The van der Waals surface area contributed by atoms with Gasteiger partial charge in [0.1, 0.15) is 10.8 Å². The number of nitrogens with one attached hydrogen (secondary N) is 1. The number of rotatable bonds is 2. The molecule has 3 aromatic rings. The van der Waals surface area contributed by atoms with Crippen LogP contribution in [0.15, 0.2) is 42.6 Å². The van der Waals surface area contributed by atoms with E-state index in [9.17, 15) is 4.79 Å². The van der Waals surface area contributed by atoms with Gasteiger partial charge < -0.3 is 19.5 Å². The molecule has 0 fully saturated rings. The van der Waals surface area contributed by atoms with Gasteiger partial charge in [0.25, 0.3) is 0 Å². The molecule has 1 aliphatic carbocycles. The Bertz CT molecular complexity index is 1070. The molecular weight excluding hydrogens is 382 g/mol. The molecule has 0 spiro atoms. The SMILES string of the molecule is COc1cccc(NC(=O)N2Cc3c(sc4c3CCCC4)-n3cccc3[C@H]2C)c1. The minimum absolute atomic E-state index is 0.0190. The highest BCUT2D eigenvalue weighted by Gasteiger charge is 2.32. The number of carbonyl (C=O) groups excluding carboxylic acids is 1. The zero-order valence-electron chi connectivity index (χ0n) is 16.8. The molecule has 0 saturated carbocycles. The van der Waals surface area contributed by atoms with E-state index >= 15 is 0 Å². The predicted octanol–water partition coefficient (Wildman–Crippen LogP) is 5.53. The summed E-state index contributed by atoms with van der Waals surface area (Å²) >= 11 is 1.91. The second-order valence-electron chi connectivity index (χ2n) is 7.76. The van der Waals surface area contributed by atoms with Crippen LogP contribution in [-0.4, -0.2) is 22.6 Å². The second-order valence-corrected chi connectivity index (χ2v) is 8.85. The fourth-order valence-corrected chi connectivity index (χ4v) is 5.91. The average molecular weight is 408 g/mol. The Kier molecular flexibility index (Phi) is 4.59. The van der Waals surface area contributed by atoms with Crippen LogP contribution < -0.4 is 10.1 Å². The zero-order chi connectivity index (χ0) is 20.0. The first-order chi connectivity index (χ1) is 14.2. The molecule has 1 N–H and O–H groups in total. The number of nitrogens with zero attached hydrogens (tertiary/aromatic N) is 2. The summed E-state index contributed by atoms with van der Waals surface area (Å²) in [6.45, 7) is 2.75. The second kappa shape index (κ2) is 7.26. The highest BCUT2D eigenvalue weighted by molar-refractivity contribution is 7.15. The predicted molar refractivity (Wildman–Crippen MR) is 116 cm³/mol. The molecule has 6 heteroatoms. The van der Waals surface area contributed by atoms with E-state index in [1.807, 2.05) is 40.5 Å². The lowest BCUT2D eigenvalue weighted by molar-refractivity contribution is 0.189. The first kappa shape index (κ1) is 18.3. The molecule has 0 saturated heterocycles. The van der Waals surface area contributed by atoms with Crippen molar-refractivity contribution in [2.75, 3.05) is 12.4 Å². The van der Waals surface area contributed by atoms with Gasteiger partial charge >= 0.3 is 6.03 Å². The lowest BCUT2D eigenvalue weighted by Crippen LogP contribution is -2.36. The number of ether oxygens (including phenoxy) is 1. The smallest absolute Gasteiger partial charge is 0.322 e. The van der Waals surface area contributed by atoms with Crippen molar-refractivity contribution in [3.05, 3.63) is 64.3 Å². The van der Waals surface area contributed by atoms with E-state index in [0.29, 0.717) is 6.54 Å². The third-order valence-corrected chi connectivity index (χ3v) is 7.40. The highest BCUT2D eigenvalue weighted by Crippen LogP contribution is 2.42. The number of urea groups is 1. The summed E-state index contributed by atoms with van der Waals surface area (Å²) in [4.78, 5) is 16.8. The highest BCUT2D eigenvalue weighted by atomic mass is 32.1. The third-order valence-electron chi connectivity index (χ3n) is 6.06. The molecule has 0 bridgehead atoms. The lowest BCUT2D eigenvalue weighted by Gasteiger charge is -2.28. The summed E-state index contributed by atoms with van der Waals surface area (Å²) in [5.74, 6) is 0.731. The van der Waals surface area contributed by atoms with Gasteiger partial charge in [0.15, 0.2) is 0 Å². The summed E-state index contributed by atoms with van der Waals surface area (Å²) in [7, 11) is 1.63. The first-order valence-electron chi connectivity index (χ1n) is 10.2. The monoisotopic (exact) mass is 407 g/mol. The Morgan fingerprint density at radius 1 is 1.17 bits per heavy atom. The number of fused-ring (bicyclic) bond motifs is 5. The molecule has 1 aliphatic heterocycles. The molecule has 5 nitrogen and oxygen atoms in total. The summed E-state index contributed by atoms with van der Waals surface area (Å²) in [5, 5.41) is 4.36. The topological polar surface area (TPSA) is 46.5 Å². The van der Waals surface area contributed by atoms with E-state index in [4.69, 9.17) is 4.74 Å². The molecule has 2 amide bonds. The van der Waals surface area contributed by atoms with Crippen LogP contribution in [-0.2, 0) is 19.4 Å². The van der Waals surface area contributed by atoms with Gasteiger partial charge in [-0.1, -0.05) is 6.07 Å². The minimum atomic E-state index is -0.0814. The number of aromatic nitrogens is 1. The number of hydrogen-bond acceptors (Lipinski definition) is 3. The maximum atomic E-state index is 13.3. The normalized spacial score (nSPS) is 17.7. The zero-order valence-corrected chi connectivity index (χ0v) is 17.6. The van der Waals surface area contributed by atoms with Gasteiger partial charge in [0.05, 0.1) is 19.7 Å². The molecular formula is C23H25N3O2S. The van der Waals surface area contributed by atoms with Gasteiger partial charge in [-0.15, -0.1) is 11.3 Å². The van der Waals surface area contributed by atoms with Crippen LogP contribution in [0.4, 0.5) is 10.5 Å². The van der Waals surface area contributed by atoms with Crippen LogP contribution in [0.1, 0.15) is 47.5 Å². The number of amides is 2. The van der Waals surface area contributed by atoms with Crippen LogP contribution in [0.25, 0.3) is 5.00 Å². The molecule has 0 unspecified atom stereocenters. The van der Waals surface area contributed by atoms with Crippen molar-refractivity contribution in [1.29, 1.82) is 0 Å². The molecule has 0 radical (unpaired) electrons. The number of methoxy groups -OCH3 is 1. The van der Waals surface area contributed by atoms with Gasteiger partial charge in [-0.25, -0.2) is 4.79 Å². The fourth-order valence-electron chi connectivity index (χ4n) is 4.50. The van der Waals surface area contributed by atoms with E-state index in [1.54, 1.807) is 7.11 Å². The first-order valence-corrected chi connectivity index (χ1v) is 11.0. The summed E-state index contributed by atoms with van der Waals surface area (Å²) in [5.41, 5.74) is 4.70. The average Bonchev–Trinajstić information content (AvgIpc) is 3.34. The quantitative estimate of drug-likeness (QED) is 0.607. The van der Waals surface area contributed by atoms with Crippen LogP contribution >= 0.6 is 11.3 Å². The Hall–Kier alpha value is -2.73. The van der Waals surface area contributed by atoms with Crippen molar-refractivity contribution in [3.63, 3.8) is 0 Å². The van der Waals surface area contributed by atoms with Crippen molar-refractivity contribution in [2.45, 2.75) is 45.2 Å². The van der Waals surface area contributed by atoms with E-state index < -0.39 is 0 Å². The van der Waals surface area contributed by atoms with Crippen molar-refractivity contribution in [2.24, 2.45) is 0 Å². The van der Waals surface area contributed by atoms with Gasteiger partial charge in [0.2, 0.25) is 0 Å². The Morgan fingerprint density at radius 2 is 2.03 bits per heavy atom. The molecule has 1 atom stereocenters. The van der Waals surface area contributed by atoms with Gasteiger partial charge in [0, 0.05) is 34.1 Å². The van der Waals surface area contributed by atoms with Crippen molar-refractivity contribution in [3.8, 4) is 10.8 Å². The number of benzene rings is 1. The summed E-state index contributed by atoms with van der Waals surface area (Å²) < 4.78 is 7.58. The maximum Gasteiger partial charge on any atom is 0.322 e. The van der Waals surface area contributed by atoms with Crippen molar-refractivity contribution in [1.82, 2.24) is 9.47 Å². The van der Waals surface area contributed by atoms with Gasteiger partial charge in [-0.3, -0.25) is 0 Å². The van der Waals surface area contributed by atoms with Gasteiger partial charge in [-0.05, 0) is 62.4 Å². The fraction of sp³-hybridized carbons (Fsp3) is 0.348. The van der Waals surface area contributed by atoms with E-state index in [-0.39, 0.29) is 12.1 Å². The number of aryl methyl sites for hydroxylation is 1. The number of thiophene rings is 1. The van der Waals surface area contributed by atoms with E-state index in [0.717, 1.165) is 30.0 Å². The van der Waals surface area contributed by atoms with Crippen molar-refractivity contribution >= 4 is 23.1 Å². The molecule has 2 aliphatic rings. The number of carbonyl (C=O) groups is 1. The molecule has 29 heavy (non-hydrogen) atoms.